The Morgan fingerprint density at radius 1 is 0.800 bits per heavy atom. The Morgan fingerprint density at radius 3 is 2.18 bits per heavy atom. The van der Waals surface area contributed by atoms with Gasteiger partial charge in [0, 0.05) is 37.8 Å². The van der Waals surface area contributed by atoms with Crippen molar-refractivity contribution in [1.82, 2.24) is 4.90 Å². The molecule has 2 amide bonds. The van der Waals surface area contributed by atoms with Gasteiger partial charge in [0.15, 0.2) is 0 Å². The second-order valence-electron chi connectivity index (χ2n) is 12.3. The molecular weight excluding hydrogens is 556 g/mol. The summed E-state index contributed by atoms with van der Waals surface area (Å²) in [6.45, 7) is 3.63. The molecule has 6 heteroatoms. The molecule has 45 heavy (non-hydrogen) atoms. The van der Waals surface area contributed by atoms with Crippen LogP contribution in [0.1, 0.15) is 66.9 Å². The Balaban J connectivity index is 1.42. The molecule has 3 N–H and O–H groups in total. The fourth-order valence-corrected chi connectivity index (χ4v) is 6.20. The normalized spacial score (nSPS) is 16.2. The molecule has 1 aliphatic carbocycles. The minimum Gasteiger partial charge on any atom is -0.373 e. The maximum absolute atomic E-state index is 13.7. The first-order valence-electron chi connectivity index (χ1n) is 16.3. The number of carbonyl (C=O) groups excluding carboxylic acids is 2. The Morgan fingerprint density at radius 2 is 1.47 bits per heavy atom. The van der Waals surface area contributed by atoms with Crippen LogP contribution in [0, 0.1) is 0 Å². The maximum Gasteiger partial charge on any atom is 0.255 e. The van der Waals surface area contributed by atoms with Crippen molar-refractivity contribution in [3.63, 3.8) is 0 Å². The first-order chi connectivity index (χ1) is 21.9. The minimum atomic E-state index is -0.133. The molecule has 0 saturated heterocycles. The number of nitrogens with one attached hydrogen (secondary N) is 1. The van der Waals surface area contributed by atoms with Crippen LogP contribution in [0.3, 0.4) is 0 Å². The monoisotopic (exact) mass is 602 g/mol. The van der Waals surface area contributed by atoms with Crippen LogP contribution in [0.25, 0.3) is 11.1 Å². The van der Waals surface area contributed by atoms with Crippen LogP contribution in [0.4, 0.5) is 11.4 Å². The summed E-state index contributed by atoms with van der Waals surface area (Å²) in [6.07, 6.45) is 6.29. The zero-order valence-electron chi connectivity index (χ0n) is 26.6. The summed E-state index contributed by atoms with van der Waals surface area (Å²) in [5.74, 6) is 0.0175. The van der Waals surface area contributed by atoms with E-state index in [-0.39, 0.29) is 23.9 Å². The quantitative estimate of drug-likeness (QED) is 0.174. The van der Waals surface area contributed by atoms with Gasteiger partial charge in [-0.25, -0.2) is 0 Å². The van der Waals surface area contributed by atoms with Crippen LogP contribution in [-0.4, -0.2) is 42.4 Å². The van der Waals surface area contributed by atoms with E-state index in [1.54, 1.807) is 0 Å². The number of hydrogen-bond acceptors (Lipinski definition) is 4. The predicted octanol–water partition coefficient (Wildman–Crippen LogP) is 7.68. The van der Waals surface area contributed by atoms with Gasteiger partial charge in [0.1, 0.15) is 0 Å². The molecule has 1 aliphatic rings. The SMILES string of the molecule is CCCCN(C)c1ccc(-c2cccc(CN(C(=O)Cc3ccccc3)C3CCC(N)CC3)c2)cc1NC(=O)c1ccccc1. The van der Waals surface area contributed by atoms with Crippen molar-refractivity contribution in [3.8, 4) is 11.1 Å². The van der Waals surface area contributed by atoms with Crippen molar-refractivity contribution in [2.45, 2.75) is 70.5 Å². The van der Waals surface area contributed by atoms with Crippen molar-refractivity contribution >= 4 is 23.2 Å². The number of nitrogens with two attached hydrogens (primary N) is 1. The van der Waals surface area contributed by atoms with Crippen LogP contribution < -0.4 is 16.0 Å². The summed E-state index contributed by atoms with van der Waals surface area (Å²) < 4.78 is 0. The molecule has 0 atom stereocenters. The Hall–Kier alpha value is -4.42. The van der Waals surface area contributed by atoms with Gasteiger partial charge in [-0.15, -0.1) is 0 Å². The van der Waals surface area contributed by atoms with Crippen molar-refractivity contribution in [2.75, 3.05) is 23.8 Å². The second kappa shape index (κ2) is 15.5. The fraction of sp³-hybridized carbons (Fsp3) is 0.333. The van der Waals surface area contributed by atoms with E-state index in [0.29, 0.717) is 18.5 Å². The van der Waals surface area contributed by atoms with E-state index in [1.165, 1.54) is 0 Å². The van der Waals surface area contributed by atoms with Gasteiger partial charge in [0.2, 0.25) is 5.91 Å². The summed E-state index contributed by atoms with van der Waals surface area (Å²) >= 11 is 0. The smallest absolute Gasteiger partial charge is 0.255 e. The molecule has 0 bridgehead atoms. The summed E-state index contributed by atoms with van der Waals surface area (Å²) in [6, 6.07) is 34.4. The Labute approximate surface area is 268 Å². The minimum absolute atomic E-state index is 0.133. The van der Waals surface area contributed by atoms with Crippen LogP contribution in [-0.2, 0) is 17.8 Å². The molecule has 0 aromatic heterocycles. The molecule has 0 radical (unpaired) electrons. The van der Waals surface area contributed by atoms with E-state index in [0.717, 1.165) is 78.7 Å². The molecule has 6 nitrogen and oxygen atoms in total. The lowest BCUT2D eigenvalue weighted by atomic mass is 9.90. The highest BCUT2D eigenvalue weighted by molar-refractivity contribution is 6.06. The number of rotatable bonds is 12. The largest absolute Gasteiger partial charge is 0.373 e. The molecular formula is C39H46N4O2. The summed E-state index contributed by atoms with van der Waals surface area (Å²) in [7, 11) is 2.07. The van der Waals surface area contributed by atoms with Crippen molar-refractivity contribution in [3.05, 3.63) is 120 Å². The van der Waals surface area contributed by atoms with Gasteiger partial charge in [-0.3, -0.25) is 9.59 Å². The number of nitrogens with zero attached hydrogens (tertiary/aromatic N) is 2. The highest BCUT2D eigenvalue weighted by atomic mass is 16.2. The van der Waals surface area contributed by atoms with Gasteiger partial charge in [0.05, 0.1) is 17.8 Å². The number of carbonyl (C=O) groups is 2. The van der Waals surface area contributed by atoms with Crippen LogP contribution >= 0.6 is 0 Å². The number of hydrogen-bond donors (Lipinski definition) is 2. The van der Waals surface area contributed by atoms with E-state index < -0.39 is 0 Å². The summed E-state index contributed by atoms with van der Waals surface area (Å²) in [4.78, 5) is 31.2. The number of unbranched alkanes of at least 4 members (excludes halogenated alkanes) is 1. The van der Waals surface area contributed by atoms with E-state index in [9.17, 15) is 9.59 Å². The van der Waals surface area contributed by atoms with Crippen molar-refractivity contribution in [1.29, 1.82) is 0 Å². The first-order valence-corrected chi connectivity index (χ1v) is 16.3. The third-order valence-electron chi connectivity index (χ3n) is 8.85. The van der Waals surface area contributed by atoms with Gasteiger partial charge in [-0.05, 0) is 84.7 Å². The zero-order chi connectivity index (χ0) is 31.6. The van der Waals surface area contributed by atoms with Crippen LogP contribution in [0.5, 0.6) is 0 Å². The Kier molecular flexibility index (Phi) is 11.0. The van der Waals surface area contributed by atoms with Gasteiger partial charge in [-0.2, -0.15) is 0 Å². The van der Waals surface area contributed by atoms with Crippen LogP contribution in [0.2, 0.25) is 0 Å². The average molecular weight is 603 g/mol. The van der Waals surface area contributed by atoms with Crippen molar-refractivity contribution in [2.24, 2.45) is 5.73 Å². The van der Waals surface area contributed by atoms with Crippen molar-refractivity contribution < 1.29 is 9.59 Å². The van der Waals surface area contributed by atoms with E-state index in [2.05, 4.69) is 71.6 Å². The third-order valence-corrected chi connectivity index (χ3v) is 8.85. The molecule has 0 heterocycles. The molecule has 1 saturated carbocycles. The average Bonchev–Trinajstić information content (AvgIpc) is 3.07. The highest BCUT2D eigenvalue weighted by Gasteiger charge is 2.28. The molecule has 1 fully saturated rings. The molecule has 5 rings (SSSR count). The third kappa shape index (κ3) is 8.61. The van der Waals surface area contributed by atoms with E-state index >= 15 is 0 Å². The first kappa shape index (κ1) is 32.0. The van der Waals surface area contributed by atoms with E-state index in [4.69, 9.17) is 5.73 Å². The second-order valence-corrected chi connectivity index (χ2v) is 12.3. The predicted molar refractivity (Wildman–Crippen MR) is 185 cm³/mol. The van der Waals surface area contributed by atoms with Gasteiger partial charge in [0.25, 0.3) is 5.91 Å². The number of amides is 2. The number of benzene rings is 4. The lowest BCUT2D eigenvalue weighted by molar-refractivity contribution is -0.134. The van der Waals surface area contributed by atoms with E-state index in [1.807, 2.05) is 60.7 Å². The molecule has 4 aromatic rings. The lowest BCUT2D eigenvalue weighted by Crippen LogP contribution is -2.44. The summed E-state index contributed by atoms with van der Waals surface area (Å²) in [5.41, 5.74) is 12.8. The lowest BCUT2D eigenvalue weighted by Gasteiger charge is -2.36. The highest BCUT2D eigenvalue weighted by Crippen LogP contribution is 2.33. The molecule has 0 aliphatic heterocycles. The molecule has 0 unspecified atom stereocenters. The maximum atomic E-state index is 13.7. The molecule has 0 spiro atoms. The summed E-state index contributed by atoms with van der Waals surface area (Å²) in [5, 5.41) is 3.18. The Bertz CT molecular complexity index is 1550. The molecule has 234 valence electrons. The van der Waals surface area contributed by atoms with Crippen LogP contribution in [0.15, 0.2) is 103 Å². The number of anilines is 2. The van der Waals surface area contributed by atoms with Gasteiger partial charge < -0.3 is 20.9 Å². The van der Waals surface area contributed by atoms with Gasteiger partial charge >= 0.3 is 0 Å². The fourth-order valence-electron chi connectivity index (χ4n) is 6.20. The zero-order valence-corrected chi connectivity index (χ0v) is 26.6. The standard InChI is InChI=1S/C39H46N4O2/c1-3-4-24-42(2)37-23-18-33(27-36(37)41-39(45)31-15-9-6-10-16-31)32-17-11-14-30(25-32)28-43(35-21-19-34(40)20-22-35)38(44)26-29-12-7-5-8-13-29/h5-18,23,25,27,34-35H,3-4,19-22,24,26,28,40H2,1-2H3,(H,41,45). The topological polar surface area (TPSA) is 78.7 Å². The van der Waals surface area contributed by atoms with Gasteiger partial charge in [-0.1, -0.05) is 86.1 Å². The molecule has 4 aromatic carbocycles.